The fraction of sp³-hybridized carbons (Fsp3) is 0.615. The van der Waals surface area contributed by atoms with Crippen molar-refractivity contribution in [2.24, 2.45) is 5.73 Å². The molecular formula is C13H23N5O. The predicted octanol–water partition coefficient (Wildman–Crippen LogP) is 1.17. The number of unbranched alkanes of at least 4 members (excludes halogenated alkanes) is 1. The molecule has 1 aromatic rings. The molecule has 1 rings (SSSR count). The minimum absolute atomic E-state index is 0.188. The van der Waals surface area contributed by atoms with Crippen LogP contribution in [-0.4, -0.2) is 36.0 Å². The molecule has 0 unspecified atom stereocenters. The molecule has 0 radical (unpaired) electrons. The van der Waals surface area contributed by atoms with Gasteiger partial charge in [0.05, 0.1) is 6.54 Å². The topological polar surface area (TPSA) is 84.1 Å². The van der Waals surface area contributed by atoms with E-state index in [9.17, 15) is 4.79 Å². The first-order chi connectivity index (χ1) is 9.13. The number of rotatable bonds is 8. The second-order valence-corrected chi connectivity index (χ2v) is 4.37. The monoisotopic (exact) mass is 265 g/mol. The molecule has 0 aliphatic heterocycles. The molecule has 106 valence electrons. The molecule has 0 aromatic carbocycles. The van der Waals surface area contributed by atoms with Crippen molar-refractivity contribution < 1.29 is 4.79 Å². The normalized spacial score (nSPS) is 10.3. The molecule has 0 bridgehead atoms. The lowest BCUT2D eigenvalue weighted by molar-refractivity contribution is -0.116. The Morgan fingerprint density at radius 1 is 1.42 bits per heavy atom. The molecule has 0 aliphatic carbocycles. The van der Waals surface area contributed by atoms with Crippen LogP contribution in [0.15, 0.2) is 6.33 Å². The molecule has 3 N–H and O–H groups in total. The second kappa shape index (κ2) is 7.56. The van der Waals surface area contributed by atoms with Crippen molar-refractivity contribution in [1.29, 1.82) is 0 Å². The van der Waals surface area contributed by atoms with Crippen molar-refractivity contribution in [3.63, 3.8) is 0 Å². The number of amides is 1. The number of hydrogen-bond acceptors (Lipinski definition) is 5. The van der Waals surface area contributed by atoms with Gasteiger partial charge in [0.2, 0.25) is 5.91 Å². The molecule has 6 nitrogen and oxygen atoms in total. The number of nitrogens with two attached hydrogens (primary N) is 1. The van der Waals surface area contributed by atoms with Crippen molar-refractivity contribution >= 4 is 17.5 Å². The molecule has 0 atom stereocenters. The summed E-state index contributed by atoms with van der Waals surface area (Å²) >= 11 is 0. The van der Waals surface area contributed by atoms with Gasteiger partial charge in [-0.15, -0.1) is 0 Å². The molecule has 0 saturated heterocycles. The van der Waals surface area contributed by atoms with E-state index in [1.54, 1.807) is 0 Å². The van der Waals surface area contributed by atoms with Gasteiger partial charge < -0.3 is 16.0 Å². The number of nitrogens with zero attached hydrogens (tertiary/aromatic N) is 3. The zero-order chi connectivity index (χ0) is 14.3. The molecule has 0 aliphatic rings. The fourth-order valence-electron chi connectivity index (χ4n) is 2.01. The number of nitrogens with one attached hydrogen (secondary N) is 1. The van der Waals surface area contributed by atoms with Gasteiger partial charge in [-0.3, -0.25) is 4.79 Å². The Hall–Kier alpha value is -1.85. The van der Waals surface area contributed by atoms with Gasteiger partial charge in [0.25, 0.3) is 0 Å². The van der Waals surface area contributed by atoms with E-state index in [1.165, 1.54) is 6.33 Å². The lowest BCUT2D eigenvalue weighted by Gasteiger charge is -2.25. The van der Waals surface area contributed by atoms with E-state index in [1.807, 2.05) is 18.9 Å². The van der Waals surface area contributed by atoms with Crippen molar-refractivity contribution in [3.05, 3.63) is 11.9 Å². The fourth-order valence-corrected chi connectivity index (χ4v) is 2.01. The molecule has 0 spiro atoms. The van der Waals surface area contributed by atoms with Crippen LogP contribution in [0, 0.1) is 0 Å². The maximum absolute atomic E-state index is 11.2. The van der Waals surface area contributed by atoms with Crippen LogP contribution in [-0.2, 0) is 11.2 Å². The molecule has 1 heterocycles. The van der Waals surface area contributed by atoms with Crippen molar-refractivity contribution in [2.45, 2.75) is 33.1 Å². The third-order valence-electron chi connectivity index (χ3n) is 2.94. The maximum atomic E-state index is 11.2. The van der Waals surface area contributed by atoms with E-state index in [-0.39, 0.29) is 12.5 Å². The van der Waals surface area contributed by atoms with E-state index in [0.29, 0.717) is 0 Å². The second-order valence-electron chi connectivity index (χ2n) is 4.37. The third kappa shape index (κ3) is 4.08. The van der Waals surface area contributed by atoms with Crippen LogP contribution < -0.4 is 16.0 Å². The maximum Gasteiger partial charge on any atom is 0.236 e. The molecular weight excluding hydrogens is 242 g/mol. The summed E-state index contributed by atoms with van der Waals surface area (Å²) in [7, 11) is 1.83. The Morgan fingerprint density at radius 2 is 2.16 bits per heavy atom. The molecule has 0 fully saturated rings. The Kier molecular flexibility index (Phi) is 6.05. The van der Waals surface area contributed by atoms with Crippen molar-refractivity contribution in [3.8, 4) is 0 Å². The minimum Gasteiger partial charge on any atom is -0.373 e. The molecule has 6 heteroatoms. The average molecular weight is 265 g/mol. The SMILES string of the molecule is CCCCN(CC(N)=O)c1ncnc(NC)c1CC. The zero-order valence-electron chi connectivity index (χ0n) is 11.9. The van der Waals surface area contributed by atoms with Crippen LogP contribution in [0.4, 0.5) is 11.6 Å². The van der Waals surface area contributed by atoms with Crippen LogP contribution in [0.1, 0.15) is 32.3 Å². The summed E-state index contributed by atoms with van der Waals surface area (Å²) in [6.45, 7) is 5.12. The molecule has 0 saturated carbocycles. The first-order valence-corrected chi connectivity index (χ1v) is 6.68. The van der Waals surface area contributed by atoms with E-state index in [2.05, 4.69) is 22.2 Å². The van der Waals surface area contributed by atoms with Crippen LogP contribution in [0.25, 0.3) is 0 Å². The largest absolute Gasteiger partial charge is 0.373 e. The first-order valence-electron chi connectivity index (χ1n) is 6.68. The average Bonchev–Trinajstić information content (AvgIpc) is 2.41. The number of carbonyl (C=O) groups is 1. The quantitative estimate of drug-likeness (QED) is 0.737. The van der Waals surface area contributed by atoms with Crippen LogP contribution >= 0.6 is 0 Å². The standard InChI is InChI=1S/C13H23N5O/c1-4-6-7-18(8-11(14)19)13-10(5-2)12(15-3)16-9-17-13/h9H,4-8H2,1-3H3,(H2,14,19)(H,15,16,17). The highest BCUT2D eigenvalue weighted by Crippen LogP contribution is 2.23. The van der Waals surface area contributed by atoms with E-state index < -0.39 is 0 Å². The third-order valence-corrected chi connectivity index (χ3v) is 2.94. The summed E-state index contributed by atoms with van der Waals surface area (Å²) in [5.74, 6) is 1.26. The van der Waals surface area contributed by atoms with Gasteiger partial charge in [0.15, 0.2) is 0 Å². The highest BCUT2D eigenvalue weighted by molar-refractivity contribution is 5.79. The van der Waals surface area contributed by atoms with Gasteiger partial charge in [0, 0.05) is 19.2 Å². The Morgan fingerprint density at radius 3 is 2.68 bits per heavy atom. The summed E-state index contributed by atoms with van der Waals surface area (Å²) in [6, 6.07) is 0. The summed E-state index contributed by atoms with van der Waals surface area (Å²) in [6.07, 6.45) is 4.37. The van der Waals surface area contributed by atoms with Gasteiger partial charge in [-0.1, -0.05) is 20.3 Å². The van der Waals surface area contributed by atoms with Crippen LogP contribution in [0.2, 0.25) is 0 Å². The number of aromatic nitrogens is 2. The Bertz CT molecular complexity index is 421. The van der Waals surface area contributed by atoms with E-state index in [4.69, 9.17) is 5.73 Å². The Balaban J connectivity index is 3.09. The first kappa shape index (κ1) is 15.2. The van der Waals surface area contributed by atoms with Crippen molar-refractivity contribution in [1.82, 2.24) is 9.97 Å². The number of hydrogen-bond donors (Lipinski definition) is 2. The van der Waals surface area contributed by atoms with Gasteiger partial charge in [-0.05, 0) is 12.8 Å². The summed E-state index contributed by atoms with van der Waals surface area (Å²) in [4.78, 5) is 21.7. The van der Waals surface area contributed by atoms with Gasteiger partial charge in [-0.25, -0.2) is 9.97 Å². The molecule has 19 heavy (non-hydrogen) atoms. The minimum atomic E-state index is -0.345. The van der Waals surface area contributed by atoms with Crippen LogP contribution in [0.3, 0.4) is 0 Å². The molecule has 1 aromatic heterocycles. The number of anilines is 2. The van der Waals surface area contributed by atoms with Gasteiger partial charge in [-0.2, -0.15) is 0 Å². The lowest BCUT2D eigenvalue weighted by Crippen LogP contribution is -2.36. The van der Waals surface area contributed by atoms with Crippen LogP contribution in [0.5, 0.6) is 0 Å². The van der Waals surface area contributed by atoms with Crippen molar-refractivity contribution in [2.75, 3.05) is 30.4 Å². The zero-order valence-corrected chi connectivity index (χ0v) is 11.9. The van der Waals surface area contributed by atoms with E-state index in [0.717, 1.165) is 43.0 Å². The highest BCUT2D eigenvalue weighted by atomic mass is 16.1. The number of primary amides is 1. The van der Waals surface area contributed by atoms with E-state index >= 15 is 0 Å². The van der Waals surface area contributed by atoms with Gasteiger partial charge >= 0.3 is 0 Å². The molecule has 1 amide bonds. The lowest BCUT2D eigenvalue weighted by atomic mass is 10.2. The summed E-state index contributed by atoms with van der Waals surface area (Å²) in [5.41, 5.74) is 6.34. The summed E-state index contributed by atoms with van der Waals surface area (Å²) < 4.78 is 0. The predicted molar refractivity (Wildman–Crippen MR) is 77.3 cm³/mol. The highest BCUT2D eigenvalue weighted by Gasteiger charge is 2.16. The smallest absolute Gasteiger partial charge is 0.236 e. The Labute approximate surface area is 114 Å². The number of carbonyl (C=O) groups excluding carboxylic acids is 1. The van der Waals surface area contributed by atoms with Gasteiger partial charge in [0.1, 0.15) is 18.0 Å². The summed E-state index contributed by atoms with van der Waals surface area (Å²) in [5, 5.41) is 3.06.